The lowest BCUT2D eigenvalue weighted by atomic mass is 9.83. The van der Waals surface area contributed by atoms with Crippen molar-refractivity contribution in [2.45, 2.75) is 0 Å². The molecule has 1 nitrogen and oxygen atoms in total. The molecule has 210 valence electrons. The van der Waals surface area contributed by atoms with E-state index in [0.717, 1.165) is 21.9 Å². The van der Waals surface area contributed by atoms with Crippen molar-refractivity contribution in [1.82, 2.24) is 0 Å². The number of para-hydroxylation sites is 1. The van der Waals surface area contributed by atoms with Gasteiger partial charge in [-0.15, -0.1) is 0 Å². The van der Waals surface area contributed by atoms with Gasteiger partial charge in [0, 0.05) is 10.8 Å². The first-order valence-electron chi connectivity index (χ1n) is 15.4. The van der Waals surface area contributed by atoms with Crippen LogP contribution in [-0.2, 0) is 0 Å². The minimum atomic E-state index is 0.912. The summed E-state index contributed by atoms with van der Waals surface area (Å²) in [5, 5.41) is 7.29. The molecule has 0 unspecified atom stereocenters. The second-order valence-corrected chi connectivity index (χ2v) is 11.6. The zero-order valence-electron chi connectivity index (χ0n) is 24.6. The van der Waals surface area contributed by atoms with Crippen molar-refractivity contribution < 1.29 is 4.42 Å². The van der Waals surface area contributed by atoms with E-state index in [-0.39, 0.29) is 0 Å². The number of hydrogen-bond acceptors (Lipinski definition) is 1. The van der Waals surface area contributed by atoms with E-state index >= 15 is 0 Å². The van der Waals surface area contributed by atoms with Gasteiger partial charge >= 0.3 is 0 Å². The SMILES string of the molecule is c1ccc(-c2cccc(-c3c4ccccc4c(-c4ccccc4-c4ccc5oc6ccccc6c5c4)c4ccccc34)c2)cc1. The summed E-state index contributed by atoms with van der Waals surface area (Å²) >= 11 is 0. The van der Waals surface area contributed by atoms with Gasteiger partial charge in [0.25, 0.3) is 0 Å². The molecule has 9 aromatic rings. The van der Waals surface area contributed by atoms with E-state index in [1.54, 1.807) is 0 Å². The molecule has 0 saturated heterocycles. The molecule has 0 atom stereocenters. The van der Waals surface area contributed by atoms with Crippen molar-refractivity contribution in [2.24, 2.45) is 0 Å². The molecule has 1 heteroatoms. The van der Waals surface area contributed by atoms with Crippen LogP contribution in [0.25, 0.3) is 88.0 Å². The minimum absolute atomic E-state index is 0.912. The molecule has 0 radical (unpaired) electrons. The molecule has 0 N–H and O–H groups in total. The van der Waals surface area contributed by atoms with Crippen LogP contribution >= 0.6 is 0 Å². The van der Waals surface area contributed by atoms with Crippen LogP contribution in [-0.4, -0.2) is 0 Å². The van der Waals surface area contributed by atoms with Crippen LogP contribution < -0.4 is 0 Å². The van der Waals surface area contributed by atoms with Crippen LogP contribution in [0.5, 0.6) is 0 Å². The summed E-state index contributed by atoms with van der Waals surface area (Å²) in [4.78, 5) is 0. The van der Waals surface area contributed by atoms with E-state index in [0.29, 0.717) is 0 Å². The molecule has 1 aromatic heterocycles. The normalized spacial score (nSPS) is 11.6. The van der Waals surface area contributed by atoms with E-state index in [2.05, 4.69) is 158 Å². The van der Waals surface area contributed by atoms with Crippen LogP contribution in [0.3, 0.4) is 0 Å². The topological polar surface area (TPSA) is 13.1 Å². The third kappa shape index (κ3) is 4.17. The fourth-order valence-electron chi connectivity index (χ4n) is 7.06. The number of fused-ring (bicyclic) bond motifs is 5. The molecule has 8 aromatic carbocycles. The second-order valence-electron chi connectivity index (χ2n) is 11.6. The first kappa shape index (κ1) is 25.6. The Hall–Kier alpha value is -5.92. The van der Waals surface area contributed by atoms with Gasteiger partial charge in [-0.25, -0.2) is 0 Å². The maximum Gasteiger partial charge on any atom is 0.135 e. The highest BCUT2D eigenvalue weighted by Gasteiger charge is 2.19. The Balaban J connectivity index is 1.32. The zero-order valence-corrected chi connectivity index (χ0v) is 24.6. The van der Waals surface area contributed by atoms with Gasteiger partial charge in [-0.3, -0.25) is 0 Å². The predicted octanol–water partition coefficient (Wildman–Crippen LogP) is 12.6. The molecular formula is C44H28O. The Bertz CT molecular complexity index is 2480. The van der Waals surface area contributed by atoms with Gasteiger partial charge in [0.15, 0.2) is 0 Å². The van der Waals surface area contributed by atoms with Gasteiger partial charge in [-0.1, -0.05) is 146 Å². The Morgan fingerprint density at radius 3 is 1.53 bits per heavy atom. The van der Waals surface area contributed by atoms with Crippen molar-refractivity contribution in [2.75, 3.05) is 0 Å². The fraction of sp³-hybridized carbons (Fsp3) is 0. The summed E-state index contributed by atoms with van der Waals surface area (Å²) in [6.45, 7) is 0. The van der Waals surface area contributed by atoms with Crippen LogP contribution in [0.2, 0.25) is 0 Å². The van der Waals surface area contributed by atoms with Crippen molar-refractivity contribution >= 4 is 43.5 Å². The van der Waals surface area contributed by atoms with Gasteiger partial charge in [-0.05, 0) is 90.3 Å². The Morgan fingerprint density at radius 2 is 0.800 bits per heavy atom. The first-order valence-corrected chi connectivity index (χ1v) is 15.4. The van der Waals surface area contributed by atoms with Gasteiger partial charge < -0.3 is 4.42 Å². The largest absolute Gasteiger partial charge is 0.456 e. The van der Waals surface area contributed by atoms with Gasteiger partial charge in [0.1, 0.15) is 11.2 Å². The third-order valence-corrected chi connectivity index (χ3v) is 9.07. The molecular weight excluding hydrogens is 544 g/mol. The number of furan rings is 1. The zero-order chi connectivity index (χ0) is 29.7. The lowest BCUT2D eigenvalue weighted by Gasteiger charge is -2.20. The van der Waals surface area contributed by atoms with Crippen molar-refractivity contribution in [1.29, 1.82) is 0 Å². The van der Waals surface area contributed by atoms with E-state index in [1.165, 1.54) is 66.1 Å². The van der Waals surface area contributed by atoms with Gasteiger partial charge in [0.05, 0.1) is 0 Å². The molecule has 9 rings (SSSR count). The lowest BCUT2D eigenvalue weighted by Crippen LogP contribution is -1.93. The van der Waals surface area contributed by atoms with Crippen LogP contribution in [0.1, 0.15) is 0 Å². The molecule has 0 aliphatic heterocycles. The van der Waals surface area contributed by atoms with Crippen LogP contribution in [0.4, 0.5) is 0 Å². The average Bonchev–Trinajstić information content (AvgIpc) is 3.49. The smallest absolute Gasteiger partial charge is 0.135 e. The van der Waals surface area contributed by atoms with Crippen molar-refractivity contribution in [3.63, 3.8) is 0 Å². The predicted molar refractivity (Wildman–Crippen MR) is 190 cm³/mol. The van der Waals surface area contributed by atoms with E-state index in [1.807, 2.05) is 12.1 Å². The molecule has 1 heterocycles. The highest BCUT2D eigenvalue weighted by Crippen LogP contribution is 2.46. The molecule has 45 heavy (non-hydrogen) atoms. The van der Waals surface area contributed by atoms with Crippen LogP contribution in [0, 0.1) is 0 Å². The minimum Gasteiger partial charge on any atom is -0.456 e. The molecule has 0 saturated carbocycles. The fourth-order valence-corrected chi connectivity index (χ4v) is 7.06. The number of rotatable bonds is 4. The summed E-state index contributed by atoms with van der Waals surface area (Å²) in [5.41, 5.74) is 11.6. The monoisotopic (exact) mass is 572 g/mol. The van der Waals surface area contributed by atoms with E-state index in [9.17, 15) is 0 Å². The molecule has 0 aliphatic carbocycles. The Labute approximate surface area is 261 Å². The Morgan fingerprint density at radius 1 is 0.267 bits per heavy atom. The highest BCUT2D eigenvalue weighted by molar-refractivity contribution is 6.22. The summed E-state index contributed by atoms with van der Waals surface area (Å²) in [5.74, 6) is 0. The number of hydrogen-bond donors (Lipinski definition) is 0. The molecule has 0 spiro atoms. The van der Waals surface area contributed by atoms with Crippen molar-refractivity contribution in [3.8, 4) is 44.5 Å². The van der Waals surface area contributed by atoms with Crippen molar-refractivity contribution in [3.05, 3.63) is 170 Å². The van der Waals surface area contributed by atoms with Crippen LogP contribution in [0.15, 0.2) is 174 Å². The molecule has 0 aliphatic rings. The summed E-state index contributed by atoms with van der Waals surface area (Å²) in [6, 6.07) is 61.1. The van der Waals surface area contributed by atoms with E-state index in [4.69, 9.17) is 4.42 Å². The maximum absolute atomic E-state index is 6.17. The highest BCUT2D eigenvalue weighted by atomic mass is 16.3. The average molecular weight is 573 g/mol. The third-order valence-electron chi connectivity index (χ3n) is 9.07. The lowest BCUT2D eigenvalue weighted by molar-refractivity contribution is 0.669. The molecule has 0 fully saturated rings. The standard InChI is InChI=1S/C44H28O/c1-2-13-29(14-3-1)30-15-12-16-32(27-30)43-36-20-6-8-22-38(36)44(39-23-9-7-21-37(39)43)35-19-5-4-17-33(35)31-25-26-42-40(28-31)34-18-10-11-24-41(34)45-42/h1-28H. The second kappa shape index (κ2) is 10.4. The van der Waals surface area contributed by atoms with Gasteiger partial charge in [0.2, 0.25) is 0 Å². The maximum atomic E-state index is 6.17. The first-order chi connectivity index (χ1) is 22.3. The van der Waals surface area contributed by atoms with Gasteiger partial charge in [-0.2, -0.15) is 0 Å². The summed E-state index contributed by atoms with van der Waals surface area (Å²) in [7, 11) is 0. The summed E-state index contributed by atoms with van der Waals surface area (Å²) < 4.78 is 6.17. The number of benzene rings is 8. The van der Waals surface area contributed by atoms with E-state index < -0.39 is 0 Å². The molecule has 0 bridgehead atoms. The molecule has 0 amide bonds. The Kier molecular flexibility index (Phi) is 5.89. The quantitative estimate of drug-likeness (QED) is 0.191. The summed E-state index contributed by atoms with van der Waals surface area (Å²) in [6.07, 6.45) is 0.